The van der Waals surface area contributed by atoms with Crippen LogP contribution in [0.4, 0.5) is 11.6 Å². The van der Waals surface area contributed by atoms with Crippen LogP contribution in [0.5, 0.6) is 0 Å². The third-order valence-corrected chi connectivity index (χ3v) is 2.93. The highest BCUT2D eigenvalue weighted by Gasteiger charge is 2.32. The highest BCUT2D eigenvalue weighted by atomic mass is 15.0. The van der Waals surface area contributed by atoms with Crippen LogP contribution in [-0.4, -0.2) is 16.5 Å². The number of nitrogens with two attached hydrogens (primary N) is 1. The second-order valence-electron chi connectivity index (χ2n) is 4.09. The summed E-state index contributed by atoms with van der Waals surface area (Å²) in [6.45, 7) is 5.21. The van der Waals surface area contributed by atoms with Crippen molar-refractivity contribution in [3.8, 4) is 0 Å². The van der Waals surface area contributed by atoms with Gasteiger partial charge in [-0.3, -0.25) is 0 Å². The molecule has 3 N–H and O–H groups in total. The Hall–Kier alpha value is -1.32. The number of rotatable bonds is 3. The molecule has 1 fully saturated rings. The highest BCUT2D eigenvalue weighted by molar-refractivity contribution is 5.53. The molecule has 1 heterocycles. The van der Waals surface area contributed by atoms with Crippen molar-refractivity contribution in [3.05, 3.63) is 11.9 Å². The quantitative estimate of drug-likeness (QED) is 0.760. The van der Waals surface area contributed by atoms with Crippen molar-refractivity contribution >= 4 is 11.6 Å². The Morgan fingerprint density at radius 3 is 2.93 bits per heavy atom. The molecule has 2 rings (SSSR count). The predicted molar refractivity (Wildman–Crippen MR) is 56.9 cm³/mol. The van der Waals surface area contributed by atoms with Crippen molar-refractivity contribution in [2.45, 2.75) is 20.3 Å². The zero-order chi connectivity index (χ0) is 10.1. The molecule has 0 amide bonds. The molecule has 1 saturated carbocycles. The van der Waals surface area contributed by atoms with E-state index in [0.29, 0.717) is 5.82 Å². The van der Waals surface area contributed by atoms with Crippen molar-refractivity contribution in [2.75, 3.05) is 17.6 Å². The summed E-state index contributed by atoms with van der Waals surface area (Å²) >= 11 is 0. The van der Waals surface area contributed by atoms with Crippen LogP contribution in [0.3, 0.4) is 0 Å². The van der Waals surface area contributed by atoms with Gasteiger partial charge in [-0.2, -0.15) is 0 Å². The Bertz CT molecular complexity index is 337. The van der Waals surface area contributed by atoms with Gasteiger partial charge in [0.2, 0.25) is 0 Å². The molecule has 76 valence electrons. The third-order valence-electron chi connectivity index (χ3n) is 2.93. The van der Waals surface area contributed by atoms with Crippen molar-refractivity contribution < 1.29 is 0 Å². The summed E-state index contributed by atoms with van der Waals surface area (Å²) in [6.07, 6.45) is 2.83. The molecular formula is C10H16N4. The van der Waals surface area contributed by atoms with Gasteiger partial charge in [0.1, 0.15) is 18.0 Å². The lowest BCUT2D eigenvalue weighted by Gasteiger charge is -2.08. The molecule has 0 radical (unpaired) electrons. The van der Waals surface area contributed by atoms with Crippen molar-refractivity contribution in [2.24, 2.45) is 11.8 Å². The fourth-order valence-corrected chi connectivity index (χ4v) is 1.55. The number of hydrogen-bond donors (Lipinski definition) is 2. The number of nitrogens with zero attached hydrogens (tertiary/aromatic N) is 2. The topological polar surface area (TPSA) is 63.8 Å². The molecule has 0 saturated heterocycles. The van der Waals surface area contributed by atoms with Gasteiger partial charge in [0.25, 0.3) is 0 Å². The lowest BCUT2D eigenvalue weighted by molar-refractivity contribution is 0.783. The summed E-state index contributed by atoms with van der Waals surface area (Å²) in [5, 5.41) is 3.32. The smallest absolute Gasteiger partial charge is 0.134 e. The van der Waals surface area contributed by atoms with Crippen molar-refractivity contribution in [1.29, 1.82) is 0 Å². The fourth-order valence-electron chi connectivity index (χ4n) is 1.55. The van der Waals surface area contributed by atoms with Crippen LogP contribution in [0.15, 0.2) is 6.33 Å². The van der Waals surface area contributed by atoms with E-state index in [-0.39, 0.29) is 0 Å². The summed E-state index contributed by atoms with van der Waals surface area (Å²) in [5.74, 6) is 3.11. The molecule has 1 aliphatic carbocycles. The monoisotopic (exact) mass is 192 g/mol. The molecule has 0 aliphatic heterocycles. The van der Waals surface area contributed by atoms with Gasteiger partial charge >= 0.3 is 0 Å². The van der Waals surface area contributed by atoms with E-state index < -0.39 is 0 Å². The van der Waals surface area contributed by atoms with Gasteiger partial charge in [-0.05, 0) is 25.2 Å². The summed E-state index contributed by atoms with van der Waals surface area (Å²) in [5.41, 5.74) is 6.62. The fraction of sp³-hybridized carbons (Fsp3) is 0.600. The Morgan fingerprint density at radius 2 is 2.29 bits per heavy atom. The molecule has 2 atom stereocenters. The molecule has 14 heavy (non-hydrogen) atoms. The van der Waals surface area contributed by atoms with E-state index in [0.717, 1.165) is 29.8 Å². The standard InChI is InChI=1S/C10H16N4/c1-6-3-8(6)4-12-10-7(2)9(11)13-5-14-10/h5-6,8H,3-4H2,1-2H3,(H3,11,12,13,14). The van der Waals surface area contributed by atoms with E-state index >= 15 is 0 Å². The third kappa shape index (κ3) is 1.78. The second-order valence-corrected chi connectivity index (χ2v) is 4.09. The van der Waals surface area contributed by atoms with E-state index in [4.69, 9.17) is 5.73 Å². The first-order valence-corrected chi connectivity index (χ1v) is 4.99. The summed E-state index contributed by atoms with van der Waals surface area (Å²) in [7, 11) is 0. The van der Waals surface area contributed by atoms with Gasteiger partial charge in [0.15, 0.2) is 0 Å². The maximum absolute atomic E-state index is 5.68. The van der Waals surface area contributed by atoms with E-state index in [1.54, 1.807) is 0 Å². The summed E-state index contributed by atoms with van der Waals surface area (Å²) in [6, 6.07) is 0. The van der Waals surface area contributed by atoms with E-state index in [2.05, 4.69) is 22.2 Å². The molecule has 0 bridgehead atoms. The van der Waals surface area contributed by atoms with Crippen LogP contribution in [0.1, 0.15) is 18.9 Å². The zero-order valence-corrected chi connectivity index (χ0v) is 8.62. The van der Waals surface area contributed by atoms with Crippen molar-refractivity contribution in [3.63, 3.8) is 0 Å². The molecule has 4 heteroatoms. The van der Waals surface area contributed by atoms with Gasteiger partial charge < -0.3 is 11.1 Å². The minimum absolute atomic E-state index is 0.561. The zero-order valence-electron chi connectivity index (χ0n) is 8.62. The first-order valence-electron chi connectivity index (χ1n) is 4.99. The van der Waals surface area contributed by atoms with Gasteiger partial charge in [0.05, 0.1) is 0 Å². The number of aromatic nitrogens is 2. The Morgan fingerprint density at radius 1 is 1.57 bits per heavy atom. The maximum atomic E-state index is 5.68. The summed E-state index contributed by atoms with van der Waals surface area (Å²) < 4.78 is 0. The van der Waals surface area contributed by atoms with Crippen LogP contribution >= 0.6 is 0 Å². The van der Waals surface area contributed by atoms with Crippen LogP contribution in [0.25, 0.3) is 0 Å². The highest BCUT2D eigenvalue weighted by Crippen LogP contribution is 2.37. The lowest BCUT2D eigenvalue weighted by Crippen LogP contribution is -2.09. The maximum Gasteiger partial charge on any atom is 0.134 e. The molecule has 4 nitrogen and oxygen atoms in total. The molecular weight excluding hydrogens is 176 g/mol. The number of nitrogens with one attached hydrogen (secondary N) is 1. The number of hydrogen-bond acceptors (Lipinski definition) is 4. The first kappa shape index (κ1) is 9.24. The summed E-state index contributed by atoms with van der Waals surface area (Å²) in [4.78, 5) is 8.09. The van der Waals surface area contributed by atoms with E-state index in [9.17, 15) is 0 Å². The molecule has 2 unspecified atom stereocenters. The number of anilines is 2. The van der Waals surface area contributed by atoms with Gasteiger partial charge in [-0.25, -0.2) is 9.97 Å². The minimum atomic E-state index is 0.561. The normalized spacial score (nSPS) is 24.7. The van der Waals surface area contributed by atoms with E-state index in [1.165, 1.54) is 12.7 Å². The molecule has 1 aromatic rings. The Balaban J connectivity index is 1.98. The largest absolute Gasteiger partial charge is 0.383 e. The van der Waals surface area contributed by atoms with Gasteiger partial charge in [0, 0.05) is 12.1 Å². The van der Waals surface area contributed by atoms with Gasteiger partial charge in [-0.1, -0.05) is 6.92 Å². The average Bonchev–Trinajstić information content (AvgIpc) is 2.85. The van der Waals surface area contributed by atoms with Gasteiger partial charge in [-0.15, -0.1) is 0 Å². The lowest BCUT2D eigenvalue weighted by atomic mass is 10.3. The Kier molecular flexibility index (Phi) is 2.27. The second kappa shape index (κ2) is 3.44. The van der Waals surface area contributed by atoms with Crippen LogP contribution in [0, 0.1) is 18.8 Å². The van der Waals surface area contributed by atoms with Crippen LogP contribution < -0.4 is 11.1 Å². The first-order chi connectivity index (χ1) is 6.68. The Labute approximate surface area is 83.9 Å². The number of nitrogen functional groups attached to an aromatic ring is 1. The van der Waals surface area contributed by atoms with E-state index in [1.807, 2.05) is 6.92 Å². The van der Waals surface area contributed by atoms with Crippen LogP contribution in [-0.2, 0) is 0 Å². The van der Waals surface area contributed by atoms with Crippen molar-refractivity contribution in [1.82, 2.24) is 9.97 Å². The average molecular weight is 192 g/mol. The van der Waals surface area contributed by atoms with Crippen LogP contribution in [0.2, 0.25) is 0 Å². The minimum Gasteiger partial charge on any atom is -0.383 e. The molecule has 1 aliphatic rings. The molecule has 1 aromatic heterocycles. The predicted octanol–water partition coefficient (Wildman–Crippen LogP) is 1.44. The molecule has 0 spiro atoms. The molecule has 0 aromatic carbocycles. The SMILES string of the molecule is Cc1c(N)ncnc1NCC1CC1C.